The highest BCUT2D eigenvalue weighted by Crippen LogP contribution is 2.48. The van der Waals surface area contributed by atoms with Crippen LogP contribution >= 0.6 is 0 Å². The van der Waals surface area contributed by atoms with Gasteiger partial charge in [-0.25, -0.2) is 13.1 Å². The van der Waals surface area contributed by atoms with Crippen molar-refractivity contribution in [2.75, 3.05) is 5.32 Å². The molecule has 2 N–H and O–H groups in total. The lowest BCUT2D eigenvalue weighted by Gasteiger charge is -2.27. The standard InChI is InChI=1S/C17H18N2O6S/c1-9(20)19-26(24,25)13-6-4-12(5-7-13)18-16(21)14-10-2-3-11(8-10)15(14)17(22)23/h2-7,10-11,14-15H,8H2,1H3,(H,18,21)(H,19,20)(H,22,23)/p-1. The topological polar surface area (TPSA) is 132 Å². The molecule has 3 rings (SSSR count). The Morgan fingerprint density at radius 1 is 1.04 bits per heavy atom. The van der Waals surface area contributed by atoms with Crippen LogP contribution in [0.25, 0.3) is 0 Å². The summed E-state index contributed by atoms with van der Waals surface area (Å²) < 4.78 is 25.6. The van der Waals surface area contributed by atoms with E-state index in [4.69, 9.17) is 0 Å². The molecule has 138 valence electrons. The van der Waals surface area contributed by atoms with Gasteiger partial charge in [-0.15, -0.1) is 0 Å². The van der Waals surface area contributed by atoms with Crippen LogP contribution < -0.4 is 15.1 Å². The first-order valence-corrected chi connectivity index (χ1v) is 9.51. The summed E-state index contributed by atoms with van der Waals surface area (Å²) in [5.74, 6) is -4.28. The Labute approximate surface area is 150 Å². The zero-order valence-electron chi connectivity index (χ0n) is 13.8. The molecule has 0 spiro atoms. The van der Waals surface area contributed by atoms with E-state index < -0.39 is 39.6 Å². The monoisotopic (exact) mass is 377 g/mol. The van der Waals surface area contributed by atoms with Gasteiger partial charge in [0.25, 0.3) is 10.0 Å². The molecule has 2 aliphatic rings. The average Bonchev–Trinajstić information content (AvgIpc) is 3.15. The zero-order valence-corrected chi connectivity index (χ0v) is 14.7. The van der Waals surface area contributed by atoms with Gasteiger partial charge < -0.3 is 15.2 Å². The van der Waals surface area contributed by atoms with E-state index >= 15 is 0 Å². The number of fused-ring (bicyclic) bond motifs is 2. The van der Waals surface area contributed by atoms with Gasteiger partial charge in [-0.3, -0.25) is 9.59 Å². The predicted molar refractivity (Wildman–Crippen MR) is 88.8 cm³/mol. The molecule has 1 fully saturated rings. The van der Waals surface area contributed by atoms with Gasteiger partial charge in [-0.2, -0.15) is 0 Å². The van der Waals surface area contributed by atoms with Gasteiger partial charge in [0.05, 0.1) is 10.8 Å². The van der Waals surface area contributed by atoms with Crippen LogP contribution in [0.4, 0.5) is 5.69 Å². The summed E-state index contributed by atoms with van der Waals surface area (Å²) in [5, 5.41) is 14.0. The first kappa shape index (κ1) is 18.1. The van der Waals surface area contributed by atoms with Crippen LogP contribution in [0.1, 0.15) is 13.3 Å². The first-order valence-electron chi connectivity index (χ1n) is 8.02. The smallest absolute Gasteiger partial charge is 0.264 e. The van der Waals surface area contributed by atoms with Crippen molar-refractivity contribution >= 4 is 33.5 Å². The third-order valence-electron chi connectivity index (χ3n) is 4.74. The van der Waals surface area contributed by atoms with Crippen LogP contribution in [0.5, 0.6) is 0 Å². The second-order valence-corrected chi connectivity index (χ2v) is 8.18. The maximum absolute atomic E-state index is 12.5. The normalized spacial score (nSPS) is 26.5. The number of allylic oxidation sites excluding steroid dienone is 2. The Hall–Kier alpha value is -2.68. The van der Waals surface area contributed by atoms with Crippen LogP contribution in [0.3, 0.4) is 0 Å². The maximum Gasteiger partial charge on any atom is 0.264 e. The molecule has 1 aromatic rings. The molecule has 0 heterocycles. The fraction of sp³-hybridized carbons (Fsp3) is 0.353. The van der Waals surface area contributed by atoms with Crippen molar-refractivity contribution in [1.29, 1.82) is 0 Å². The van der Waals surface area contributed by atoms with Crippen LogP contribution in [0.2, 0.25) is 0 Å². The van der Waals surface area contributed by atoms with E-state index in [2.05, 4.69) is 5.32 Å². The van der Waals surface area contributed by atoms with Crippen molar-refractivity contribution < 1.29 is 27.9 Å². The van der Waals surface area contributed by atoms with Crippen LogP contribution in [0, 0.1) is 23.7 Å². The second-order valence-electron chi connectivity index (χ2n) is 6.49. The minimum atomic E-state index is -3.95. The predicted octanol–water partition coefficient (Wildman–Crippen LogP) is -0.362. The Morgan fingerprint density at radius 2 is 1.62 bits per heavy atom. The Balaban J connectivity index is 1.73. The molecular weight excluding hydrogens is 360 g/mol. The number of hydrogen-bond acceptors (Lipinski definition) is 6. The molecule has 1 aromatic carbocycles. The zero-order chi connectivity index (χ0) is 19.1. The third kappa shape index (κ3) is 3.34. The van der Waals surface area contributed by atoms with Gasteiger partial charge in [0.15, 0.2) is 0 Å². The molecule has 26 heavy (non-hydrogen) atoms. The van der Waals surface area contributed by atoms with Crippen LogP contribution in [-0.4, -0.2) is 26.2 Å². The summed E-state index contributed by atoms with van der Waals surface area (Å²) in [6, 6.07) is 5.25. The van der Waals surface area contributed by atoms with E-state index in [9.17, 15) is 27.9 Å². The lowest BCUT2D eigenvalue weighted by atomic mass is 9.82. The van der Waals surface area contributed by atoms with Crippen LogP contribution in [0.15, 0.2) is 41.3 Å². The van der Waals surface area contributed by atoms with Crippen molar-refractivity contribution in [2.24, 2.45) is 23.7 Å². The van der Waals surface area contributed by atoms with Gasteiger partial charge >= 0.3 is 0 Å². The SMILES string of the molecule is CC(=O)NS(=O)(=O)c1ccc(NC(=O)C2C3C=CC(C3)C2C(=O)[O-])cc1. The van der Waals surface area contributed by atoms with Crippen LogP contribution in [-0.2, 0) is 24.4 Å². The number of hydrogen-bond donors (Lipinski definition) is 2. The molecule has 8 nitrogen and oxygen atoms in total. The van der Waals surface area contributed by atoms with Gasteiger partial charge in [0.1, 0.15) is 0 Å². The molecule has 4 unspecified atom stereocenters. The summed E-state index contributed by atoms with van der Waals surface area (Å²) in [5.41, 5.74) is 0.334. The highest BCUT2D eigenvalue weighted by Gasteiger charge is 2.48. The van der Waals surface area contributed by atoms with E-state index in [1.165, 1.54) is 24.3 Å². The lowest BCUT2D eigenvalue weighted by molar-refractivity contribution is -0.313. The van der Waals surface area contributed by atoms with Gasteiger partial charge in [-0.1, -0.05) is 12.2 Å². The largest absolute Gasteiger partial charge is 0.550 e. The summed E-state index contributed by atoms with van der Waals surface area (Å²) >= 11 is 0. The van der Waals surface area contributed by atoms with E-state index in [1.807, 2.05) is 16.9 Å². The number of sulfonamides is 1. The molecule has 2 bridgehead atoms. The number of carbonyl (C=O) groups is 3. The van der Waals surface area contributed by atoms with E-state index in [1.54, 1.807) is 0 Å². The van der Waals surface area contributed by atoms with Crippen molar-refractivity contribution in [3.63, 3.8) is 0 Å². The molecule has 0 radical (unpaired) electrons. The molecule has 0 aliphatic heterocycles. The second kappa shape index (κ2) is 6.56. The quantitative estimate of drug-likeness (QED) is 0.673. The Kier molecular flexibility index (Phi) is 4.57. The minimum absolute atomic E-state index is 0.124. The summed E-state index contributed by atoms with van der Waals surface area (Å²) in [6.07, 6.45) is 4.29. The van der Waals surface area contributed by atoms with Crippen molar-refractivity contribution in [3.8, 4) is 0 Å². The van der Waals surface area contributed by atoms with Gasteiger partial charge in [0.2, 0.25) is 11.8 Å². The minimum Gasteiger partial charge on any atom is -0.550 e. The number of carboxylic acid groups (broad SMARTS) is 1. The van der Waals surface area contributed by atoms with Gasteiger partial charge in [-0.05, 0) is 42.5 Å². The van der Waals surface area contributed by atoms with Crippen molar-refractivity contribution in [3.05, 3.63) is 36.4 Å². The molecular formula is C17H17N2O6S-. The fourth-order valence-corrected chi connectivity index (χ4v) is 4.68. The van der Waals surface area contributed by atoms with E-state index in [0.29, 0.717) is 12.1 Å². The number of nitrogens with one attached hydrogen (secondary N) is 2. The highest BCUT2D eigenvalue weighted by molar-refractivity contribution is 7.90. The van der Waals surface area contributed by atoms with Crippen molar-refractivity contribution in [2.45, 2.75) is 18.2 Å². The fourth-order valence-electron chi connectivity index (χ4n) is 3.69. The maximum atomic E-state index is 12.5. The summed E-state index contributed by atoms with van der Waals surface area (Å²) in [7, 11) is -3.95. The summed E-state index contributed by atoms with van der Waals surface area (Å²) in [6.45, 7) is 1.09. The molecule has 2 amide bonds. The molecule has 1 saturated carbocycles. The Bertz CT molecular complexity index is 890. The number of rotatable bonds is 5. The molecule has 0 aromatic heterocycles. The molecule has 2 aliphatic carbocycles. The Morgan fingerprint density at radius 3 is 2.15 bits per heavy atom. The number of benzene rings is 1. The molecule has 9 heteroatoms. The summed E-state index contributed by atoms with van der Waals surface area (Å²) in [4.78, 5) is 34.7. The lowest BCUT2D eigenvalue weighted by Crippen LogP contribution is -2.42. The van der Waals surface area contributed by atoms with Gasteiger partial charge in [0, 0.05) is 24.5 Å². The number of aliphatic carboxylic acids is 1. The third-order valence-corrected chi connectivity index (χ3v) is 6.19. The molecule has 0 saturated heterocycles. The first-order chi connectivity index (χ1) is 12.2. The van der Waals surface area contributed by atoms with E-state index in [-0.39, 0.29) is 16.7 Å². The highest BCUT2D eigenvalue weighted by atomic mass is 32.2. The number of anilines is 1. The van der Waals surface area contributed by atoms with E-state index in [0.717, 1.165) is 6.92 Å². The molecule has 4 atom stereocenters. The number of carbonyl (C=O) groups excluding carboxylic acids is 3. The average molecular weight is 377 g/mol. The number of amides is 2. The van der Waals surface area contributed by atoms with Crippen molar-refractivity contribution in [1.82, 2.24) is 4.72 Å². The number of carboxylic acids is 1.